The van der Waals surface area contributed by atoms with Crippen LogP contribution in [0.2, 0.25) is 0 Å². The number of rotatable bonds is 12. The molecule has 0 bridgehead atoms. The minimum absolute atomic E-state index is 0.00248. The van der Waals surface area contributed by atoms with Gasteiger partial charge in [-0.2, -0.15) is 0 Å². The van der Waals surface area contributed by atoms with E-state index >= 15 is 0 Å². The molecule has 0 aliphatic heterocycles. The average molecular weight is 478 g/mol. The van der Waals surface area contributed by atoms with E-state index in [2.05, 4.69) is 37.4 Å². The van der Waals surface area contributed by atoms with Crippen LogP contribution in [-0.4, -0.2) is 51.5 Å². The first-order valence-corrected chi connectivity index (χ1v) is 12.9. The topological polar surface area (TPSA) is 73.9 Å². The maximum absolute atomic E-state index is 13.0. The molecule has 194 valence electrons. The number of amides is 1. The van der Waals surface area contributed by atoms with Crippen LogP contribution < -0.4 is 5.32 Å². The summed E-state index contributed by atoms with van der Waals surface area (Å²) >= 11 is 0. The van der Waals surface area contributed by atoms with Gasteiger partial charge in [-0.1, -0.05) is 39.0 Å². The van der Waals surface area contributed by atoms with Gasteiger partial charge in [0.05, 0.1) is 24.0 Å². The Labute approximate surface area is 206 Å². The van der Waals surface area contributed by atoms with Crippen LogP contribution in [0, 0.1) is 29.1 Å². The predicted octanol–water partition coefficient (Wildman–Crippen LogP) is 5.08. The number of carbonyl (C=O) groups excluding carboxylic acids is 2. The van der Waals surface area contributed by atoms with E-state index in [0.29, 0.717) is 30.6 Å². The number of methoxy groups -OCH3 is 2. The van der Waals surface area contributed by atoms with Crippen molar-refractivity contribution >= 4 is 11.9 Å². The summed E-state index contributed by atoms with van der Waals surface area (Å²) in [5.74, 6) is 1.21. The molecule has 0 saturated carbocycles. The second-order valence-corrected chi connectivity index (χ2v) is 10.9. The lowest BCUT2D eigenvalue weighted by molar-refractivity contribution is -0.164. The molecule has 0 aromatic heterocycles. The summed E-state index contributed by atoms with van der Waals surface area (Å²) in [5.41, 5.74) is 0.828. The Kier molecular flexibility index (Phi) is 10.8. The molecule has 1 amide bonds. The molecule has 0 aromatic rings. The summed E-state index contributed by atoms with van der Waals surface area (Å²) in [7, 11) is 5.01. The fourth-order valence-electron chi connectivity index (χ4n) is 5.24. The molecule has 7 atom stereocenters. The molecule has 2 rings (SSSR count). The number of fused-ring (bicyclic) bond motifs is 1. The lowest BCUT2D eigenvalue weighted by atomic mass is 9.65. The monoisotopic (exact) mass is 477 g/mol. The van der Waals surface area contributed by atoms with E-state index in [-0.39, 0.29) is 36.1 Å². The maximum atomic E-state index is 13.0. The normalized spacial score (nSPS) is 28.5. The Bertz CT molecular complexity index is 743. The Morgan fingerprint density at radius 3 is 2.44 bits per heavy atom. The lowest BCUT2D eigenvalue weighted by Gasteiger charge is -2.44. The van der Waals surface area contributed by atoms with Crippen molar-refractivity contribution in [1.82, 2.24) is 5.32 Å². The zero-order chi connectivity index (χ0) is 25.5. The van der Waals surface area contributed by atoms with Crippen molar-refractivity contribution in [2.75, 3.05) is 21.3 Å². The van der Waals surface area contributed by atoms with E-state index in [0.717, 1.165) is 25.7 Å². The van der Waals surface area contributed by atoms with Crippen molar-refractivity contribution in [1.29, 1.82) is 0 Å². The van der Waals surface area contributed by atoms with Gasteiger partial charge in [0.1, 0.15) is 6.10 Å². The van der Waals surface area contributed by atoms with Gasteiger partial charge >= 0.3 is 5.97 Å². The minimum atomic E-state index is -0.475. The zero-order valence-electron chi connectivity index (χ0n) is 22.6. The summed E-state index contributed by atoms with van der Waals surface area (Å²) in [6.07, 6.45) is 11.1. The number of ether oxygens (including phenoxy) is 3. The van der Waals surface area contributed by atoms with Crippen LogP contribution in [-0.2, 0) is 23.8 Å². The molecule has 5 unspecified atom stereocenters. The van der Waals surface area contributed by atoms with Gasteiger partial charge in [-0.25, -0.2) is 0 Å². The van der Waals surface area contributed by atoms with Gasteiger partial charge in [0.25, 0.3) is 0 Å². The van der Waals surface area contributed by atoms with Gasteiger partial charge in [0.15, 0.2) is 0 Å². The molecular formula is C28H47NO5. The molecule has 6 heteroatoms. The largest absolute Gasteiger partial charge is 0.461 e. The summed E-state index contributed by atoms with van der Waals surface area (Å²) in [4.78, 5) is 24.8. The number of carbonyl (C=O) groups is 2. The minimum Gasteiger partial charge on any atom is -0.461 e. The lowest BCUT2D eigenvalue weighted by Crippen LogP contribution is -2.43. The van der Waals surface area contributed by atoms with Crippen molar-refractivity contribution < 1.29 is 23.8 Å². The SMILES string of the molecule is CCC(C)(C)C(=O)OC1C[C@@H](C)C=C2C=CC(C)[C@H](CCC(CC(CC(=O)NC)OC)OC)C21. The Hall–Kier alpha value is -1.66. The molecule has 6 nitrogen and oxygen atoms in total. The van der Waals surface area contributed by atoms with Gasteiger partial charge in [-0.3, -0.25) is 9.59 Å². The zero-order valence-corrected chi connectivity index (χ0v) is 22.6. The first kappa shape index (κ1) is 28.6. The van der Waals surface area contributed by atoms with Gasteiger partial charge in [0.2, 0.25) is 5.91 Å². The average Bonchev–Trinajstić information content (AvgIpc) is 2.81. The Morgan fingerprint density at radius 1 is 1.18 bits per heavy atom. The van der Waals surface area contributed by atoms with Gasteiger partial charge in [-0.05, 0) is 62.9 Å². The molecule has 2 aliphatic rings. The Balaban J connectivity index is 2.15. The second kappa shape index (κ2) is 12.9. The standard InChI is InChI=1S/C28H47NO5/c1-9-28(4,5)27(31)34-24-15-18(2)14-20-11-10-19(3)23(26(20)24)13-12-21(32-7)16-22(33-8)17-25(30)29-6/h10-11,14,18-19,21-24,26H,9,12-13,15-17H2,1-8H3,(H,29,30)/t18-,19?,21?,22?,23-,24?,26?/m0/s1. The number of hydrogen-bond donors (Lipinski definition) is 1. The fraction of sp³-hybridized carbons (Fsp3) is 0.786. The van der Waals surface area contributed by atoms with Crippen LogP contribution in [0.15, 0.2) is 23.8 Å². The second-order valence-electron chi connectivity index (χ2n) is 10.9. The van der Waals surface area contributed by atoms with Crippen LogP contribution in [0.25, 0.3) is 0 Å². The van der Waals surface area contributed by atoms with E-state index in [4.69, 9.17) is 14.2 Å². The van der Waals surface area contributed by atoms with Gasteiger partial charge in [-0.15, -0.1) is 0 Å². The van der Waals surface area contributed by atoms with Crippen molar-refractivity contribution in [3.05, 3.63) is 23.8 Å². The third kappa shape index (κ3) is 7.42. The summed E-state index contributed by atoms with van der Waals surface area (Å²) in [5, 5.41) is 2.67. The van der Waals surface area contributed by atoms with Gasteiger partial charge in [0, 0.05) is 33.6 Å². The molecular weight excluding hydrogens is 430 g/mol. The highest BCUT2D eigenvalue weighted by atomic mass is 16.5. The summed E-state index contributed by atoms with van der Waals surface area (Å²) < 4.78 is 17.6. The number of hydrogen-bond acceptors (Lipinski definition) is 5. The smallest absolute Gasteiger partial charge is 0.311 e. The first-order chi connectivity index (χ1) is 16.1. The third-order valence-corrected chi connectivity index (χ3v) is 8.00. The number of nitrogens with one attached hydrogen (secondary N) is 1. The molecule has 0 saturated heterocycles. The van der Waals surface area contributed by atoms with E-state index in [9.17, 15) is 9.59 Å². The quantitative estimate of drug-likeness (QED) is 0.397. The van der Waals surface area contributed by atoms with Crippen LogP contribution in [0.1, 0.15) is 73.1 Å². The molecule has 1 N–H and O–H groups in total. The molecule has 2 aliphatic carbocycles. The maximum Gasteiger partial charge on any atom is 0.311 e. The van der Waals surface area contributed by atoms with Crippen LogP contribution in [0.3, 0.4) is 0 Å². The molecule has 34 heavy (non-hydrogen) atoms. The highest BCUT2D eigenvalue weighted by Crippen LogP contribution is 2.45. The van der Waals surface area contributed by atoms with Crippen molar-refractivity contribution in [2.24, 2.45) is 29.1 Å². The number of esters is 1. The van der Waals surface area contributed by atoms with E-state index < -0.39 is 5.41 Å². The van der Waals surface area contributed by atoms with E-state index in [1.807, 2.05) is 20.8 Å². The third-order valence-electron chi connectivity index (χ3n) is 8.00. The van der Waals surface area contributed by atoms with E-state index in [1.165, 1.54) is 5.57 Å². The van der Waals surface area contributed by atoms with Crippen molar-refractivity contribution in [3.8, 4) is 0 Å². The first-order valence-electron chi connectivity index (χ1n) is 12.9. The van der Waals surface area contributed by atoms with Crippen LogP contribution in [0.4, 0.5) is 0 Å². The van der Waals surface area contributed by atoms with Crippen molar-refractivity contribution in [3.63, 3.8) is 0 Å². The van der Waals surface area contributed by atoms with Gasteiger partial charge < -0.3 is 19.5 Å². The Morgan fingerprint density at radius 2 is 1.85 bits per heavy atom. The summed E-state index contributed by atoms with van der Waals surface area (Å²) in [6, 6.07) is 0. The number of allylic oxidation sites excluding steroid dienone is 3. The summed E-state index contributed by atoms with van der Waals surface area (Å²) in [6.45, 7) is 10.4. The molecule has 0 heterocycles. The molecule has 0 spiro atoms. The molecule has 0 aromatic carbocycles. The fourth-order valence-corrected chi connectivity index (χ4v) is 5.24. The van der Waals surface area contributed by atoms with Crippen LogP contribution in [0.5, 0.6) is 0 Å². The van der Waals surface area contributed by atoms with Crippen molar-refractivity contribution in [2.45, 2.75) is 91.5 Å². The highest BCUT2D eigenvalue weighted by molar-refractivity contribution is 5.76. The highest BCUT2D eigenvalue weighted by Gasteiger charge is 2.43. The predicted molar refractivity (Wildman–Crippen MR) is 135 cm³/mol. The molecule has 0 fully saturated rings. The molecule has 0 radical (unpaired) electrons. The van der Waals surface area contributed by atoms with Crippen LogP contribution >= 0.6 is 0 Å². The van der Waals surface area contributed by atoms with E-state index in [1.54, 1.807) is 21.3 Å².